The van der Waals surface area contributed by atoms with Crippen LogP contribution in [0.15, 0.2) is 15.8 Å². The molecule has 1 heterocycles. The Hall–Kier alpha value is -2.45. The molecular weight excluding hydrogens is 237 g/mol. The maximum atomic E-state index is 12.8. The minimum Gasteiger partial charge on any atom is -0.480 e. The lowest BCUT2D eigenvalue weighted by atomic mass is 10.5. The standard InChI is InChI=1S/C8H8FN3O5/c9-4-2-12(8(17)11-7(4)16)3-5(13)10-1-6(14)15/h2H,1,3H2,(H,10,13)(H,14,15)(H,11,16,17). The van der Waals surface area contributed by atoms with E-state index in [0.29, 0.717) is 10.8 Å². The molecule has 0 fully saturated rings. The smallest absolute Gasteiger partial charge is 0.328 e. The molecular formula is C8H8FN3O5. The number of aromatic amines is 1. The minimum atomic E-state index is -1.25. The summed E-state index contributed by atoms with van der Waals surface area (Å²) in [7, 11) is 0. The number of nitrogens with one attached hydrogen (secondary N) is 2. The fraction of sp³-hybridized carbons (Fsp3) is 0.250. The molecule has 1 amide bonds. The second kappa shape index (κ2) is 5.05. The highest BCUT2D eigenvalue weighted by molar-refractivity contribution is 5.80. The van der Waals surface area contributed by atoms with Crippen LogP contribution >= 0.6 is 0 Å². The van der Waals surface area contributed by atoms with E-state index in [9.17, 15) is 23.6 Å². The Bertz CT molecular complexity index is 561. The van der Waals surface area contributed by atoms with Crippen LogP contribution in [0, 0.1) is 5.82 Å². The Labute approximate surface area is 92.7 Å². The summed E-state index contributed by atoms with van der Waals surface area (Å²) in [5.74, 6) is -3.25. The van der Waals surface area contributed by atoms with Crippen LogP contribution in [0.4, 0.5) is 4.39 Å². The normalized spacial score (nSPS) is 9.94. The van der Waals surface area contributed by atoms with Crippen molar-refractivity contribution in [3.8, 4) is 0 Å². The zero-order valence-electron chi connectivity index (χ0n) is 8.40. The molecule has 0 aromatic carbocycles. The number of hydrogen-bond acceptors (Lipinski definition) is 4. The van der Waals surface area contributed by atoms with Gasteiger partial charge in [0.15, 0.2) is 0 Å². The van der Waals surface area contributed by atoms with Crippen LogP contribution in [0.1, 0.15) is 0 Å². The Morgan fingerprint density at radius 1 is 1.47 bits per heavy atom. The molecule has 8 nitrogen and oxygen atoms in total. The highest BCUT2D eigenvalue weighted by atomic mass is 19.1. The lowest BCUT2D eigenvalue weighted by Gasteiger charge is -2.04. The number of nitrogens with zero attached hydrogens (tertiary/aromatic N) is 1. The number of aromatic nitrogens is 2. The maximum Gasteiger partial charge on any atom is 0.328 e. The van der Waals surface area contributed by atoms with Gasteiger partial charge in [0.1, 0.15) is 13.1 Å². The first-order chi connectivity index (χ1) is 7.90. The summed E-state index contributed by atoms with van der Waals surface area (Å²) in [6.45, 7) is -1.20. The molecule has 92 valence electrons. The monoisotopic (exact) mass is 245 g/mol. The average molecular weight is 245 g/mol. The largest absolute Gasteiger partial charge is 0.480 e. The lowest BCUT2D eigenvalue weighted by Crippen LogP contribution is -2.38. The number of halogens is 1. The summed E-state index contributed by atoms with van der Waals surface area (Å²) in [5, 5.41) is 10.3. The highest BCUT2D eigenvalue weighted by Crippen LogP contribution is 1.84. The van der Waals surface area contributed by atoms with Crippen molar-refractivity contribution in [3.63, 3.8) is 0 Å². The molecule has 0 aliphatic carbocycles. The van der Waals surface area contributed by atoms with Crippen LogP contribution in [0.5, 0.6) is 0 Å². The summed E-state index contributed by atoms with van der Waals surface area (Å²) >= 11 is 0. The lowest BCUT2D eigenvalue weighted by molar-refractivity contribution is -0.138. The van der Waals surface area contributed by atoms with Gasteiger partial charge in [-0.2, -0.15) is 4.39 Å². The van der Waals surface area contributed by atoms with Gasteiger partial charge in [-0.15, -0.1) is 0 Å². The Balaban J connectivity index is 2.79. The predicted molar refractivity (Wildman–Crippen MR) is 51.9 cm³/mol. The molecule has 0 aliphatic heterocycles. The van der Waals surface area contributed by atoms with Gasteiger partial charge >= 0.3 is 11.7 Å². The molecule has 1 rings (SSSR count). The summed E-state index contributed by atoms with van der Waals surface area (Å²) < 4.78 is 13.4. The quantitative estimate of drug-likeness (QED) is 0.559. The van der Waals surface area contributed by atoms with Gasteiger partial charge < -0.3 is 10.4 Å². The van der Waals surface area contributed by atoms with Gasteiger partial charge in [-0.05, 0) is 0 Å². The van der Waals surface area contributed by atoms with Gasteiger partial charge in [-0.1, -0.05) is 0 Å². The van der Waals surface area contributed by atoms with E-state index in [4.69, 9.17) is 5.11 Å². The van der Waals surface area contributed by atoms with Crippen molar-refractivity contribution in [2.75, 3.05) is 6.54 Å². The molecule has 0 aliphatic rings. The van der Waals surface area contributed by atoms with Crippen LogP contribution in [0.2, 0.25) is 0 Å². The van der Waals surface area contributed by atoms with E-state index in [1.807, 2.05) is 5.32 Å². The van der Waals surface area contributed by atoms with E-state index in [-0.39, 0.29) is 0 Å². The number of carbonyl (C=O) groups excluding carboxylic acids is 1. The van der Waals surface area contributed by atoms with Crippen molar-refractivity contribution in [2.24, 2.45) is 0 Å². The molecule has 0 bridgehead atoms. The molecule has 0 radical (unpaired) electrons. The molecule has 0 spiro atoms. The van der Waals surface area contributed by atoms with Gasteiger partial charge in [0.05, 0.1) is 6.20 Å². The third-order valence-electron chi connectivity index (χ3n) is 1.72. The summed E-state index contributed by atoms with van der Waals surface area (Å²) in [6.07, 6.45) is 0.571. The summed E-state index contributed by atoms with van der Waals surface area (Å²) in [6, 6.07) is 0. The third kappa shape index (κ3) is 3.55. The number of amides is 1. The summed E-state index contributed by atoms with van der Waals surface area (Å²) in [4.78, 5) is 44.7. The number of carboxylic acid groups (broad SMARTS) is 1. The van der Waals surface area contributed by atoms with Gasteiger partial charge in [0, 0.05) is 0 Å². The fourth-order valence-electron chi connectivity index (χ4n) is 0.985. The first-order valence-electron chi connectivity index (χ1n) is 4.38. The van der Waals surface area contributed by atoms with Crippen LogP contribution in [-0.2, 0) is 16.1 Å². The van der Waals surface area contributed by atoms with E-state index < -0.39 is 42.0 Å². The van der Waals surface area contributed by atoms with Gasteiger partial charge in [0.2, 0.25) is 11.7 Å². The molecule has 0 atom stereocenters. The second-order valence-corrected chi connectivity index (χ2v) is 3.03. The van der Waals surface area contributed by atoms with Crippen LogP contribution in [-0.4, -0.2) is 33.1 Å². The van der Waals surface area contributed by atoms with Crippen LogP contribution in [0.25, 0.3) is 0 Å². The number of rotatable bonds is 4. The fourth-order valence-corrected chi connectivity index (χ4v) is 0.985. The van der Waals surface area contributed by atoms with E-state index in [0.717, 1.165) is 0 Å². The van der Waals surface area contributed by atoms with Crippen molar-refractivity contribution in [1.29, 1.82) is 0 Å². The van der Waals surface area contributed by atoms with Crippen molar-refractivity contribution in [3.05, 3.63) is 32.9 Å². The number of carboxylic acids is 1. The minimum absolute atomic E-state index is 0.571. The van der Waals surface area contributed by atoms with E-state index in [1.54, 1.807) is 4.98 Å². The molecule has 0 saturated heterocycles. The average Bonchev–Trinajstić information content (AvgIpc) is 2.23. The summed E-state index contributed by atoms with van der Waals surface area (Å²) in [5.41, 5.74) is -2.14. The number of carbonyl (C=O) groups is 2. The van der Waals surface area contributed by atoms with E-state index in [2.05, 4.69) is 0 Å². The Morgan fingerprint density at radius 3 is 2.71 bits per heavy atom. The number of aliphatic carboxylic acids is 1. The van der Waals surface area contributed by atoms with Crippen LogP contribution in [0.3, 0.4) is 0 Å². The van der Waals surface area contributed by atoms with E-state index >= 15 is 0 Å². The zero-order valence-corrected chi connectivity index (χ0v) is 8.40. The van der Waals surface area contributed by atoms with E-state index in [1.165, 1.54) is 0 Å². The van der Waals surface area contributed by atoms with Gasteiger partial charge in [-0.3, -0.25) is 23.9 Å². The van der Waals surface area contributed by atoms with Gasteiger partial charge in [-0.25, -0.2) is 4.79 Å². The van der Waals surface area contributed by atoms with Crippen molar-refractivity contribution in [1.82, 2.24) is 14.9 Å². The second-order valence-electron chi connectivity index (χ2n) is 3.03. The van der Waals surface area contributed by atoms with Crippen molar-refractivity contribution in [2.45, 2.75) is 6.54 Å². The molecule has 0 saturated carbocycles. The van der Waals surface area contributed by atoms with Gasteiger partial charge in [0.25, 0.3) is 5.56 Å². The molecule has 1 aromatic rings. The third-order valence-corrected chi connectivity index (χ3v) is 1.72. The van der Waals surface area contributed by atoms with Crippen molar-refractivity contribution >= 4 is 11.9 Å². The number of H-pyrrole nitrogens is 1. The molecule has 0 unspecified atom stereocenters. The maximum absolute atomic E-state index is 12.8. The SMILES string of the molecule is O=C(O)CNC(=O)Cn1cc(F)c(=O)[nH]c1=O. The molecule has 17 heavy (non-hydrogen) atoms. The highest BCUT2D eigenvalue weighted by Gasteiger charge is 2.08. The topological polar surface area (TPSA) is 121 Å². The molecule has 3 N–H and O–H groups in total. The van der Waals surface area contributed by atoms with Crippen LogP contribution < -0.4 is 16.6 Å². The predicted octanol–water partition coefficient (Wildman–Crippen LogP) is -2.12. The zero-order chi connectivity index (χ0) is 13.0. The number of hydrogen-bond donors (Lipinski definition) is 3. The molecule has 9 heteroatoms. The Kier molecular flexibility index (Phi) is 3.75. The Morgan fingerprint density at radius 2 is 2.12 bits per heavy atom. The molecule has 1 aromatic heterocycles. The van der Waals surface area contributed by atoms with Crippen molar-refractivity contribution < 1.29 is 19.1 Å². The first-order valence-corrected chi connectivity index (χ1v) is 4.38. The first kappa shape index (κ1) is 12.6.